The van der Waals surface area contributed by atoms with E-state index >= 15 is 0 Å². The third-order valence-electron chi connectivity index (χ3n) is 6.85. The molecule has 1 unspecified atom stereocenters. The molecule has 32 heavy (non-hydrogen) atoms. The Morgan fingerprint density at radius 2 is 2.12 bits per heavy atom. The number of fused-ring (bicyclic) bond motifs is 1. The van der Waals surface area contributed by atoms with Crippen molar-refractivity contribution in [3.8, 4) is 5.75 Å². The standard InChI is InChI=1S/C25H34N2O4S/c1-31-19-3-6-23-22(15-19)21(8-10-26-23)24(28)7-2-17-9-11-27(12-13-32-20-4-5-20)16-18(17)14-25(29)30/h3,6,8,10,15,17-18,20,24,28H,2,4-5,7,9,11-14,16H2,1H3,(H,29,30)/t17-,18+,24?/m1/s1. The second kappa shape index (κ2) is 10.9. The van der Waals surface area contributed by atoms with E-state index in [9.17, 15) is 15.0 Å². The number of rotatable bonds is 11. The van der Waals surface area contributed by atoms with Gasteiger partial charge in [-0.25, -0.2) is 0 Å². The van der Waals surface area contributed by atoms with Gasteiger partial charge in [0, 0.05) is 42.1 Å². The van der Waals surface area contributed by atoms with Crippen LogP contribution in [-0.2, 0) is 4.79 Å². The molecule has 0 radical (unpaired) electrons. The average molecular weight is 459 g/mol. The molecule has 2 N–H and O–H groups in total. The van der Waals surface area contributed by atoms with Gasteiger partial charge in [0.1, 0.15) is 5.75 Å². The highest BCUT2D eigenvalue weighted by atomic mass is 32.2. The number of aromatic nitrogens is 1. The lowest BCUT2D eigenvalue weighted by Crippen LogP contribution is -2.42. The van der Waals surface area contributed by atoms with E-state index in [1.54, 1.807) is 13.3 Å². The van der Waals surface area contributed by atoms with Gasteiger partial charge < -0.3 is 19.8 Å². The molecule has 0 bridgehead atoms. The Morgan fingerprint density at radius 1 is 1.28 bits per heavy atom. The molecule has 1 saturated heterocycles. The lowest BCUT2D eigenvalue weighted by molar-refractivity contribution is -0.139. The van der Waals surface area contributed by atoms with Crippen molar-refractivity contribution < 1.29 is 19.7 Å². The fourth-order valence-electron chi connectivity index (χ4n) is 4.87. The number of aliphatic hydroxyl groups is 1. The maximum absolute atomic E-state index is 11.5. The zero-order valence-corrected chi connectivity index (χ0v) is 19.6. The van der Waals surface area contributed by atoms with Crippen LogP contribution in [0.3, 0.4) is 0 Å². The van der Waals surface area contributed by atoms with Crippen LogP contribution in [0.1, 0.15) is 50.2 Å². The maximum atomic E-state index is 11.5. The predicted molar refractivity (Wildman–Crippen MR) is 128 cm³/mol. The Morgan fingerprint density at radius 3 is 2.88 bits per heavy atom. The zero-order valence-electron chi connectivity index (χ0n) is 18.8. The average Bonchev–Trinajstić information content (AvgIpc) is 3.61. The molecule has 2 heterocycles. The van der Waals surface area contributed by atoms with Gasteiger partial charge in [0.25, 0.3) is 0 Å². The fourth-order valence-corrected chi connectivity index (χ4v) is 6.04. The van der Waals surface area contributed by atoms with Gasteiger partial charge in [0.15, 0.2) is 0 Å². The van der Waals surface area contributed by atoms with Crippen LogP contribution in [-0.4, -0.2) is 63.8 Å². The lowest BCUT2D eigenvalue weighted by atomic mass is 9.79. The highest BCUT2D eigenvalue weighted by Gasteiger charge is 2.31. The van der Waals surface area contributed by atoms with Gasteiger partial charge in [-0.05, 0) is 80.3 Å². The highest BCUT2D eigenvalue weighted by Crippen LogP contribution is 2.36. The van der Waals surface area contributed by atoms with Crippen LogP contribution in [0.15, 0.2) is 30.5 Å². The number of aliphatic carboxylic acids is 1. The Bertz CT molecular complexity index is 920. The van der Waals surface area contributed by atoms with E-state index in [-0.39, 0.29) is 12.3 Å². The topological polar surface area (TPSA) is 82.9 Å². The third-order valence-corrected chi connectivity index (χ3v) is 8.21. The molecule has 4 rings (SSSR count). The molecule has 1 aromatic heterocycles. The van der Waals surface area contributed by atoms with Crippen LogP contribution in [0.25, 0.3) is 10.9 Å². The Labute approximate surface area is 194 Å². The first-order valence-electron chi connectivity index (χ1n) is 11.7. The molecule has 174 valence electrons. The molecule has 7 heteroatoms. The highest BCUT2D eigenvalue weighted by molar-refractivity contribution is 8.00. The minimum Gasteiger partial charge on any atom is -0.497 e. The van der Waals surface area contributed by atoms with Gasteiger partial charge in [0.05, 0.1) is 18.7 Å². The molecule has 1 aliphatic heterocycles. The van der Waals surface area contributed by atoms with E-state index in [0.717, 1.165) is 65.7 Å². The summed E-state index contributed by atoms with van der Waals surface area (Å²) in [5, 5.41) is 22.2. The summed E-state index contributed by atoms with van der Waals surface area (Å²) in [5.41, 5.74) is 1.70. The minimum atomic E-state index is -0.720. The SMILES string of the molecule is COc1ccc2nccc(C(O)CC[C@@H]3CCN(CCSC4CC4)C[C@@H]3CC(=O)O)c2c1. The predicted octanol–water partition coefficient (Wildman–Crippen LogP) is 4.37. The van der Waals surface area contributed by atoms with Crippen molar-refractivity contribution in [2.24, 2.45) is 11.8 Å². The van der Waals surface area contributed by atoms with Crippen LogP contribution in [0.5, 0.6) is 5.75 Å². The van der Waals surface area contributed by atoms with E-state index < -0.39 is 12.1 Å². The molecule has 1 aromatic carbocycles. The van der Waals surface area contributed by atoms with Gasteiger partial charge in [-0.3, -0.25) is 9.78 Å². The first kappa shape index (κ1) is 23.3. The molecule has 2 aromatic rings. The maximum Gasteiger partial charge on any atom is 0.303 e. The van der Waals surface area contributed by atoms with Crippen LogP contribution >= 0.6 is 11.8 Å². The fraction of sp³-hybridized carbons (Fsp3) is 0.600. The number of ether oxygens (including phenoxy) is 1. The van der Waals surface area contributed by atoms with Crippen LogP contribution in [0.2, 0.25) is 0 Å². The number of hydrogen-bond acceptors (Lipinski definition) is 6. The molecule has 6 nitrogen and oxygen atoms in total. The second-order valence-corrected chi connectivity index (χ2v) is 10.6. The van der Waals surface area contributed by atoms with Crippen molar-refractivity contribution in [1.82, 2.24) is 9.88 Å². The van der Waals surface area contributed by atoms with E-state index in [4.69, 9.17) is 4.74 Å². The molecule has 3 atom stereocenters. The number of likely N-dealkylation sites (tertiary alicyclic amines) is 1. The van der Waals surface area contributed by atoms with Crippen LogP contribution in [0.4, 0.5) is 0 Å². The first-order valence-corrected chi connectivity index (χ1v) is 12.7. The van der Waals surface area contributed by atoms with E-state index in [1.807, 2.05) is 24.3 Å². The van der Waals surface area contributed by atoms with Gasteiger partial charge in [-0.15, -0.1) is 0 Å². The number of benzene rings is 1. The van der Waals surface area contributed by atoms with Crippen molar-refractivity contribution in [1.29, 1.82) is 0 Å². The number of thioether (sulfide) groups is 1. The summed E-state index contributed by atoms with van der Waals surface area (Å²) in [6.45, 7) is 2.93. The first-order chi connectivity index (χ1) is 15.5. The monoisotopic (exact) mass is 458 g/mol. The summed E-state index contributed by atoms with van der Waals surface area (Å²) in [6.07, 6.45) is 6.51. The van der Waals surface area contributed by atoms with Gasteiger partial charge >= 0.3 is 5.97 Å². The number of pyridine rings is 1. The summed E-state index contributed by atoms with van der Waals surface area (Å²) < 4.78 is 5.35. The van der Waals surface area contributed by atoms with Gasteiger partial charge in [-0.2, -0.15) is 11.8 Å². The molecule has 1 saturated carbocycles. The Hall–Kier alpha value is -1.83. The Balaban J connectivity index is 1.37. The van der Waals surface area contributed by atoms with Crippen molar-refractivity contribution in [3.63, 3.8) is 0 Å². The summed E-state index contributed by atoms with van der Waals surface area (Å²) in [5.74, 6) is 1.64. The molecule has 2 fully saturated rings. The lowest BCUT2D eigenvalue weighted by Gasteiger charge is -2.38. The summed E-state index contributed by atoms with van der Waals surface area (Å²) in [6, 6.07) is 7.58. The molecule has 0 amide bonds. The summed E-state index contributed by atoms with van der Waals surface area (Å²) in [7, 11) is 1.63. The number of carboxylic acids is 1. The van der Waals surface area contributed by atoms with Gasteiger partial charge in [0.2, 0.25) is 0 Å². The molecule has 2 aliphatic rings. The van der Waals surface area contributed by atoms with Crippen LogP contribution < -0.4 is 4.74 Å². The number of carboxylic acid groups (broad SMARTS) is 1. The van der Waals surface area contributed by atoms with Crippen molar-refractivity contribution in [3.05, 3.63) is 36.0 Å². The molecule has 1 aliphatic carbocycles. The number of nitrogens with zero attached hydrogens (tertiary/aromatic N) is 2. The number of carbonyl (C=O) groups is 1. The Kier molecular flexibility index (Phi) is 7.92. The smallest absolute Gasteiger partial charge is 0.303 e. The summed E-state index contributed by atoms with van der Waals surface area (Å²) >= 11 is 2.06. The molecular formula is C25H34N2O4S. The molecular weight excluding hydrogens is 424 g/mol. The minimum absolute atomic E-state index is 0.147. The van der Waals surface area contributed by atoms with E-state index in [0.29, 0.717) is 12.3 Å². The summed E-state index contributed by atoms with van der Waals surface area (Å²) in [4.78, 5) is 18.4. The van der Waals surface area contributed by atoms with E-state index in [1.165, 1.54) is 12.8 Å². The molecule has 0 spiro atoms. The second-order valence-electron chi connectivity index (χ2n) is 9.15. The van der Waals surface area contributed by atoms with Crippen molar-refractivity contribution in [2.45, 2.75) is 49.9 Å². The number of aliphatic hydroxyl groups excluding tert-OH is 1. The van der Waals surface area contributed by atoms with Crippen LogP contribution in [0, 0.1) is 11.8 Å². The van der Waals surface area contributed by atoms with Crippen molar-refractivity contribution in [2.75, 3.05) is 32.5 Å². The van der Waals surface area contributed by atoms with Gasteiger partial charge in [-0.1, -0.05) is 0 Å². The third kappa shape index (κ3) is 6.15. The number of piperidine rings is 1. The van der Waals surface area contributed by atoms with E-state index in [2.05, 4.69) is 21.6 Å². The quantitative estimate of drug-likeness (QED) is 0.517. The number of methoxy groups -OCH3 is 1. The largest absolute Gasteiger partial charge is 0.497 e. The normalized spacial score (nSPS) is 22.7. The zero-order chi connectivity index (χ0) is 22.5. The number of hydrogen-bond donors (Lipinski definition) is 2. The van der Waals surface area contributed by atoms with Crippen molar-refractivity contribution >= 4 is 28.6 Å².